The van der Waals surface area contributed by atoms with Gasteiger partial charge in [-0.1, -0.05) is 12.1 Å². The lowest BCUT2D eigenvalue weighted by Crippen LogP contribution is -2.12. The molecule has 6 heteroatoms. The predicted molar refractivity (Wildman–Crippen MR) is 104 cm³/mol. The molecule has 2 aromatic carbocycles. The van der Waals surface area contributed by atoms with Crippen LogP contribution in [0.3, 0.4) is 0 Å². The van der Waals surface area contributed by atoms with E-state index in [1.807, 2.05) is 65.2 Å². The molecule has 6 nitrogen and oxygen atoms in total. The van der Waals surface area contributed by atoms with Crippen molar-refractivity contribution in [2.24, 2.45) is 0 Å². The summed E-state index contributed by atoms with van der Waals surface area (Å²) in [4.78, 5) is 21.1. The largest absolute Gasteiger partial charge is 0.497 e. The van der Waals surface area contributed by atoms with Gasteiger partial charge in [0.15, 0.2) is 5.65 Å². The molecule has 0 aliphatic carbocycles. The number of hydrogen-bond donors (Lipinski definition) is 1. The zero-order chi connectivity index (χ0) is 18.6. The number of nitrogens with zero attached hydrogens (tertiary/aromatic N) is 3. The van der Waals surface area contributed by atoms with Gasteiger partial charge in [-0.3, -0.25) is 4.79 Å². The molecule has 1 N–H and O–H groups in total. The summed E-state index contributed by atoms with van der Waals surface area (Å²) in [6.07, 6.45) is 3.54. The number of carbonyl (C=O) groups excluding carboxylic acids is 1. The number of amides is 1. The molecule has 0 aliphatic rings. The highest BCUT2D eigenvalue weighted by Crippen LogP contribution is 2.17. The van der Waals surface area contributed by atoms with Crippen LogP contribution in [0.1, 0.15) is 15.9 Å². The molecule has 134 valence electrons. The van der Waals surface area contributed by atoms with Crippen LogP contribution in [0.4, 0.5) is 5.69 Å². The average molecular weight is 358 g/mol. The van der Waals surface area contributed by atoms with Crippen LogP contribution in [0.5, 0.6) is 5.75 Å². The number of hydrogen-bond acceptors (Lipinski definition) is 4. The van der Waals surface area contributed by atoms with Crippen molar-refractivity contribution in [1.82, 2.24) is 14.5 Å². The molecule has 0 radical (unpaired) electrons. The lowest BCUT2D eigenvalue weighted by Gasteiger charge is -2.08. The maximum Gasteiger partial charge on any atom is 0.255 e. The van der Waals surface area contributed by atoms with Crippen LogP contribution in [0.25, 0.3) is 11.2 Å². The number of nitrogens with one attached hydrogen (secondary N) is 1. The molecule has 0 atom stereocenters. The maximum atomic E-state index is 12.4. The van der Waals surface area contributed by atoms with Gasteiger partial charge in [0.05, 0.1) is 20.0 Å². The molecule has 4 rings (SSSR count). The van der Waals surface area contributed by atoms with E-state index in [1.54, 1.807) is 19.6 Å². The van der Waals surface area contributed by atoms with E-state index < -0.39 is 0 Å². The van der Waals surface area contributed by atoms with Gasteiger partial charge >= 0.3 is 0 Å². The fourth-order valence-electron chi connectivity index (χ4n) is 2.85. The molecule has 0 saturated carbocycles. The molecule has 1 amide bonds. The van der Waals surface area contributed by atoms with Crippen LogP contribution >= 0.6 is 0 Å². The second-order valence-electron chi connectivity index (χ2n) is 6.10. The molecular formula is C21H18N4O2. The normalized spacial score (nSPS) is 10.7. The summed E-state index contributed by atoms with van der Waals surface area (Å²) in [5.41, 5.74) is 4.11. The third-order valence-electron chi connectivity index (χ3n) is 4.29. The second-order valence-corrected chi connectivity index (χ2v) is 6.10. The quantitative estimate of drug-likeness (QED) is 0.590. The SMILES string of the molecule is COc1ccc(NC(=O)c2ccc(Cn3cnc4cccnc43)cc2)cc1. The van der Waals surface area contributed by atoms with E-state index in [-0.39, 0.29) is 5.91 Å². The Morgan fingerprint density at radius 3 is 2.56 bits per heavy atom. The van der Waals surface area contributed by atoms with Gasteiger partial charge in [-0.25, -0.2) is 9.97 Å². The summed E-state index contributed by atoms with van der Waals surface area (Å²) in [6.45, 7) is 0.647. The molecule has 0 fully saturated rings. The van der Waals surface area contributed by atoms with E-state index >= 15 is 0 Å². The van der Waals surface area contributed by atoms with Gasteiger partial charge < -0.3 is 14.6 Å². The van der Waals surface area contributed by atoms with Crippen LogP contribution < -0.4 is 10.1 Å². The van der Waals surface area contributed by atoms with Crippen molar-refractivity contribution in [3.63, 3.8) is 0 Å². The Bertz CT molecular complexity index is 1070. The molecule has 4 aromatic rings. The minimum atomic E-state index is -0.151. The number of imidazole rings is 1. The molecule has 0 bridgehead atoms. The van der Waals surface area contributed by atoms with Crippen molar-refractivity contribution in [3.8, 4) is 5.75 Å². The van der Waals surface area contributed by atoms with E-state index in [9.17, 15) is 4.79 Å². The van der Waals surface area contributed by atoms with E-state index in [2.05, 4.69) is 15.3 Å². The van der Waals surface area contributed by atoms with Crippen molar-refractivity contribution >= 4 is 22.8 Å². The Kier molecular flexibility index (Phi) is 4.53. The number of benzene rings is 2. The Morgan fingerprint density at radius 1 is 1.04 bits per heavy atom. The first-order valence-electron chi connectivity index (χ1n) is 8.53. The highest BCUT2D eigenvalue weighted by molar-refractivity contribution is 6.04. The van der Waals surface area contributed by atoms with E-state index in [0.717, 1.165) is 28.2 Å². The van der Waals surface area contributed by atoms with Gasteiger partial charge in [-0.05, 0) is 54.1 Å². The summed E-state index contributed by atoms with van der Waals surface area (Å²) in [6, 6.07) is 18.6. The summed E-state index contributed by atoms with van der Waals surface area (Å²) >= 11 is 0. The van der Waals surface area contributed by atoms with Gasteiger partial charge in [0.25, 0.3) is 5.91 Å². The van der Waals surface area contributed by atoms with Gasteiger partial charge in [-0.15, -0.1) is 0 Å². The highest BCUT2D eigenvalue weighted by atomic mass is 16.5. The first kappa shape index (κ1) is 16.8. The van der Waals surface area contributed by atoms with E-state index in [4.69, 9.17) is 4.74 Å². The van der Waals surface area contributed by atoms with E-state index in [0.29, 0.717) is 12.1 Å². The maximum absolute atomic E-state index is 12.4. The second kappa shape index (κ2) is 7.29. The van der Waals surface area contributed by atoms with Gasteiger partial charge in [-0.2, -0.15) is 0 Å². The number of rotatable bonds is 5. The smallest absolute Gasteiger partial charge is 0.255 e. The monoisotopic (exact) mass is 358 g/mol. The molecule has 2 aromatic heterocycles. The first-order valence-corrected chi connectivity index (χ1v) is 8.53. The Labute approximate surface area is 156 Å². The minimum absolute atomic E-state index is 0.151. The third-order valence-corrected chi connectivity index (χ3v) is 4.29. The Balaban J connectivity index is 1.45. The summed E-state index contributed by atoms with van der Waals surface area (Å²) in [5, 5.41) is 2.88. The van der Waals surface area contributed by atoms with Crippen molar-refractivity contribution in [2.75, 3.05) is 12.4 Å². The molecule has 0 saturated heterocycles. The standard InChI is InChI=1S/C21H18N4O2/c1-27-18-10-8-17(9-11-18)24-21(26)16-6-4-15(5-7-16)13-25-14-23-19-3-2-12-22-20(19)25/h2-12,14H,13H2,1H3,(H,24,26). The van der Waals surface area contributed by atoms with Gasteiger partial charge in [0, 0.05) is 17.4 Å². The van der Waals surface area contributed by atoms with Crippen molar-refractivity contribution in [1.29, 1.82) is 0 Å². The van der Waals surface area contributed by atoms with Crippen molar-refractivity contribution in [2.45, 2.75) is 6.54 Å². The van der Waals surface area contributed by atoms with Gasteiger partial charge in [0.1, 0.15) is 11.3 Å². The summed E-state index contributed by atoms with van der Waals surface area (Å²) in [5.74, 6) is 0.598. The zero-order valence-electron chi connectivity index (χ0n) is 14.8. The summed E-state index contributed by atoms with van der Waals surface area (Å²) in [7, 11) is 1.61. The van der Waals surface area contributed by atoms with Crippen LogP contribution in [0.2, 0.25) is 0 Å². The molecule has 0 aliphatic heterocycles. The van der Waals surface area contributed by atoms with Crippen molar-refractivity contribution in [3.05, 3.63) is 84.3 Å². The summed E-state index contributed by atoms with van der Waals surface area (Å²) < 4.78 is 7.11. The molecule has 0 unspecified atom stereocenters. The number of carbonyl (C=O) groups is 1. The number of anilines is 1. The number of methoxy groups -OCH3 is 1. The average Bonchev–Trinajstić information content (AvgIpc) is 3.12. The zero-order valence-corrected chi connectivity index (χ0v) is 14.8. The fourth-order valence-corrected chi connectivity index (χ4v) is 2.85. The molecular weight excluding hydrogens is 340 g/mol. The predicted octanol–water partition coefficient (Wildman–Crippen LogP) is 3.74. The molecule has 2 heterocycles. The van der Waals surface area contributed by atoms with Crippen LogP contribution in [-0.4, -0.2) is 27.6 Å². The first-order chi connectivity index (χ1) is 13.2. The van der Waals surface area contributed by atoms with Gasteiger partial charge in [0.2, 0.25) is 0 Å². The van der Waals surface area contributed by atoms with E-state index in [1.165, 1.54) is 0 Å². The highest BCUT2D eigenvalue weighted by Gasteiger charge is 2.08. The topological polar surface area (TPSA) is 69.0 Å². The fraction of sp³-hybridized carbons (Fsp3) is 0.0952. The number of ether oxygens (including phenoxy) is 1. The van der Waals surface area contributed by atoms with Crippen LogP contribution in [0, 0.1) is 0 Å². The number of aromatic nitrogens is 3. The third kappa shape index (κ3) is 3.64. The lowest BCUT2D eigenvalue weighted by molar-refractivity contribution is 0.102. The van der Waals surface area contributed by atoms with Crippen LogP contribution in [0.15, 0.2) is 73.2 Å². The lowest BCUT2D eigenvalue weighted by atomic mass is 10.1. The molecule has 0 spiro atoms. The number of pyridine rings is 1. The number of fused-ring (bicyclic) bond motifs is 1. The minimum Gasteiger partial charge on any atom is -0.497 e. The Hall–Kier alpha value is -3.67. The Morgan fingerprint density at radius 2 is 1.81 bits per heavy atom. The molecule has 27 heavy (non-hydrogen) atoms. The van der Waals surface area contributed by atoms with Crippen molar-refractivity contribution < 1.29 is 9.53 Å². The van der Waals surface area contributed by atoms with Crippen LogP contribution in [-0.2, 0) is 6.54 Å².